The highest BCUT2D eigenvalue weighted by Crippen LogP contribution is 2.41. The molecule has 2 nitrogen and oxygen atoms in total. The molecule has 2 fully saturated rings. The van der Waals surface area contributed by atoms with E-state index in [4.69, 9.17) is 5.73 Å². The predicted molar refractivity (Wildman–Crippen MR) is 32.8 cm³/mol. The smallest absolute Gasteiger partial charge is 0.108 e. The lowest BCUT2D eigenvalue weighted by atomic mass is 9.68. The fraction of sp³-hybridized carbons (Fsp3) is 1.00. The predicted octanol–water partition coefficient (Wildman–Crippen LogP) is -0.355. The van der Waals surface area contributed by atoms with Gasteiger partial charge in [-0.3, -0.25) is 0 Å². The maximum atomic E-state index is 12.6. The van der Waals surface area contributed by atoms with Gasteiger partial charge in [0.2, 0.25) is 0 Å². The molecular formula is C6H11FN2. The van der Waals surface area contributed by atoms with Crippen LogP contribution in [0.4, 0.5) is 4.39 Å². The molecule has 0 bridgehead atoms. The quantitative estimate of drug-likeness (QED) is 0.470. The molecule has 0 radical (unpaired) electrons. The third-order valence-corrected chi connectivity index (χ3v) is 2.57. The lowest BCUT2D eigenvalue weighted by molar-refractivity contribution is 0.0462. The normalized spacial score (nSPS) is 56.7. The van der Waals surface area contributed by atoms with Crippen LogP contribution in [0.25, 0.3) is 0 Å². The number of nitrogens with one attached hydrogen (secondary N) is 1. The molecule has 3 heteroatoms. The molecule has 1 aliphatic heterocycles. The molecule has 0 aromatic rings. The molecule has 0 unspecified atom stereocenters. The van der Waals surface area contributed by atoms with E-state index in [9.17, 15) is 4.39 Å². The average Bonchev–Trinajstić information content (AvgIpc) is 2.06. The SMILES string of the molecule is N[C@]12CNC[C@@H]1[C@@H](F)C2. The van der Waals surface area contributed by atoms with Crippen molar-refractivity contribution in [3.63, 3.8) is 0 Å². The second-order valence-electron chi connectivity index (χ2n) is 3.19. The number of fused-ring (bicyclic) bond motifs is 1. The first-order chi connectivity index (χ1) is 4.22. The van der Waals surface area contributed by atoms with Gasteiger partial charge in [-0.1, -0.05) is 0 Å². The fourth-order valence-electron chi connectivity index (χ4n) is 1.85. The van der Waals surface area contributed by atoms with Crippen LogP contribution in [-0.2, 0) is 0 Å². The van der Waals surface area contributed by atoms with Crippen molar-refractivity contribution >= 4 is 0 Å². The Morgan fingerprint density at radius 1 is 1.67 bits per heavy atom. The van der Waals surface area contributed by atoms with Crippen LogP contribution in [0.2, 0.25) is 0 Å². The number of hydrogen-bond donors (Lipinski definition) is 2. The van der Waals surface area contributed by atoms with Crippen LogP contribution in [0.3, 0.4) is 0 Å². The Labute approximate surface area is 53.6 Å². The molecule has 1 saturated carbocycles. The second-order valence-corrected chi connectivity index (χ2v) is 3.19. The summed E-state index contributed by atoms with van der Waals surface area (Å²) in [5.41, 5.74) is 5.61. The van der Waals surface area contributed by atoms with Crippen molar-refractivity contribution in [3.05, 3.63) is 0 Å². The van der Waals surface area contributed by atoms with Gasteiger partial charge in [0.15, 0.2) is 0 Å². The lowest BCUT2D eigenvalue weighted by Crippen LogP contribution is -2.61. The van der Waals surface area contributed by atoms with E-state index in [-0.39, 0.29) is 11.5 Å². The minimum Gasteiger partial charge on any atom is -0.324 e. The van der Waals surface area contributed by atoms with Crippen LogP contribution < -0.4 is 11.1 Å². The lowest BCUT2D eigenvalue weighted by Gasteiger charge is -2.43. The molecule has 1 heterocycles. The third-order valence-electron chi connectivity index (χ3n) is 2.57. The first kappa shape index (κ1) is 5.62. The van der Waals surface area contributed by atoms with Crippen molar-refractivity contribution in [2.75, 3.05) is 13.1 Å². The summed E-state index contributed by atoms with van der Waals surface area (Å²) in [6.07, 6.45) is -0.0741. The van der Waals surface area contributed by atoms with Gasteiger partial charge in [0, 0.05) is 24.5 Å². The summed E-state index contributed by atoms with van der Waals surface area (Å²) < 4.78 is 12.6. The maximum absolute atomic E-state index is 12.6. The Morgan fingerprint density at radius 2 is 2.44 bits per heavy atom. The minimum atomic E-state index is -0.634. The third kappa shape index (κ3) is 0.563. The van der Waals surface area contributed by atoms with Gasteiger partial charge in [-0.25, -0.2) is 4.39 Å². The fourth-order valence-corrected chi connectivity index (χ4v) is 1.85. The van der Waals surface area contributed by atoms with E-state index in [1.54, 1.807) is 0 Å². The number of rotatable bonds is 0. The van der Waals surface area contributed by atoms with Crippen LogP contribution in [0.5, 0.6) is 0 Å². The van der Waals surface area contributed by atoms with E-state index in [0.717, 1.165) is 13.1 Å². The summed E-state index contributed by atoms with van der Waals surface area (Å²) in [7, 11) is 0. The molecule has 0 aromatic carbocycles. The van der Waals surface area contributed by atoms with E-state index >= 15 is 0 Å². The number of alkyl halides is 1. The van der Waals surface area contributed by atoms with Gasteiger partial charge >= 0.3 is 0 Å². The molecule has 0 aromatic heterocycles. The maximum Gasteiger partial charge on any atom is 0.108 e. The van der Waals surface area contributed by atoms with Gasteiger partial charge < -0.3 is 11.1 Å². The summed E-state index contributed by atoms with van der Waals surface area (Å²) in [5, 5.41) is 3.09. The molecule has 9 heavy (non-hydrogen) atoms. The molecule has 0 spiro atoms. The zero-order valence-corrected chi connectivity index (χ0v) is 5.23. The number of nitrogens with two attached hydrogens (primary N) is 1. The number of hydrogen-bond acceptors (Lipinski definition) is 2. The Kier molecular flexibility index (Phi) is 0.916. The summed E-state index contributed by atoms with van der Waals surface area (Å²) >= 11 is 0. The Morgan fingerprint density at radius 3 is 2.89 bits per heavy atom. The zero-order valence-electron chi connectivity index (χ0n) is 5.23. The van der Waals surface area contributed by atoms with Crippen molar-refractivity contribution in [1.29, 1.82) is 0 Å². The van der Waals surface area contributed by atoms with Gasteiger partial charge in [-0.2, -0.15) is 0 Å². The molecule has 1 saturated heterocycles. The Bertz CT molecular complexity index is 139. The first-order valence-electron chi connectivity index (χ1n) is 3.36. The summed E-state index contributed by atoms with van der Waals surface area (Å²) in [6, 6.07) is 0. The molecule has 0 amide bonds. The molecular weight excluding hydrogens is 119 g/mol. The summed E-state index contributed by atoms with van der Waals surface area (Å²) in [5.74, 6) is 0.109. The van der Waals surface area contributed by atoms with Crippen molar-refractivity contribution < 1.29 is 4.39 Å². The van der Waals surface area contributed by atoms with Crippen LogP contribution in [0.1, 0.15) is 6.42 Å². The van der Waals surface area contributed by atoms with Gasteiger partial charge in [0.05, 0.1) is 0 Å². The van der Waals surface area contributed by atoms with E-state index in [2.05, 4.69) is 5.32 Å². The largest absolute Gasteiger partial charge is 0.324 e. The molecule has 1 aliphatic carbocycles. The second kappa shape index (κ2) is 1.47. The van der Waals surface area contributed by atoms with Crippen LogP contribution in [-0.4, -0.2) is 24.8 Å². The van der Waals surface area contributed by atoms with Crippen LogP contribution >= 0.6 is 0 Å². The van der Waals surface area contributed by atoms with Crippen molar-refractivity contribution in [2.24, 2.45) is 11.7 Å². The zero-order chi connectivity index (χ0) is 6.48. The molecule has 2 aliphatic rings. The Hall–Kier alpha value is -0.150. The monoisotopic (exact) mass is 130 g/mol. The number of halogens is 1. The average molecular weight is 130 g/mol. The highest BCUT2D eigenvalue weighted by Gasteiger charge is 2.54. The highest BCUT2D eigenvalue weighted by molar-refractivity contribution is 5.12. The first-order valence-corrected chi connectivity index (χ1v) is 3.36. The van der Waals surface area contributed by atoms with Crippen LogP contribution in [0.15, 0.2) is 0 Å². The van der Waals surface area contributed by atoms with Crippen molar-refractivity contribution in [1.82, 2.24) is 5.32 Å². The molecule has 2 rings (SSSR count). The van der Waals surface area contributed by atoms with Gasteiger partial charge in [0.25, 0.3) is 0 Å². The molecule has 52 valence electrons. The Balaban J connectivity index is 2.13. The van der Waals surface area contributed by atoms with Crippen LogP contribution in [0, 0.1) is 5.92 Å². The summed E-state index contributed by atoms with van der Waals surface area (Å²) in [4.78, 5) is 0. The van der Waals surface area contributed by atoms with E-state index in [1.165, 1.54) is 0 Å². The van der Waals surface area contributed by atoms with E-state index in [1.807, 2.05) is 0 Å². The summed E-state index contributed by atoms with van der Waals surface area (Å²) in [6.45, 7) is 1.58. The van der Waals surface area contributed by atoms with E-state index in [0.29, 0.717) is 6.42 Å². The highest BCUT2D eigenvalue weighted by atomic mass is 19.1. The van der Waals surface area contributed by atoms with Gasteiger partial charge in [0.1, 0.15) is 6.17 Å². The minimum absolute atomic E-state index is 0.109. The molecule has 3 atom stereocenters. The van der Waals surface area contributed by atoms with Crippen molar-refractivity contribution in [2.45, 2.75) is 18.1 Å². The van der Waals surface area contributed by atoms with Gasteiger partial charge in [-0.05, 0) is 6.42 Å². The van der Waals surface area contributed by atoms with E-state index < -0.39 is 6.17 Å². The van der Waals surface area contributed by atoms with Crippen molar-refractivity contribution in [3.8, 4) is 0 Å². The van der Waals surface area contributed by atoms with Gasteiger partial charge in [-0.15, -0.1) is 0 Å². The molecule has 3 N–H and O–H groups in total. The topological polar surface area (TPSA) is 38.0 Å². The standard InChI is InChI=1S/C6H11FN2/c7-5-1-6(8)3-9-2-4(5)6/h4-5,9H,1-3,8H2/t4-,5+,6-/m1/s1.